The summed E-state index contributed by atoms with van der Waals surface area (Å²) in [6, 6.07) is 19.5. The fourth-order valence-corrected chi connectivity index (χ4v) is 7.17. The van der Waals surface area contributed by atoms with Crippen molar-refractivity contribution in [3.05, 3.63) is 88.9 Å². The lowest BCUT2D eigenvalue weighted by atomic mass is 9.95. The Balaban J connectivity index is 1.75. The van der Waals surface area contributed by atoms with Gasteiger partial charge in [0, 0.05) is 17.6 Å². The molecule has 0 unspecified atom stereocenters. The highest BCUT2D eigenvalue weighted by Crippen LogP contribution is 2.33. The number of hydrogen-bond donors (Lipinski definition) is 1. The first-order chi connectivity index (χ1) is 21.1. The summed E-state index contributed by atoms with van der Waals surface area (Å²) in [5.74, 6) is -0.390. The maximum atomic E-state index is 14.4. The molecular formula is C34H42ClN3O5S. The van der Waals surface area contributed by atoms with Crippen molar-refractivity contribution in [1.82, 2.24) is 10.2 Å². The average molecular weight is 640 g/mol. The van der Waals surface area contributed by atoms with E-state index in [0.29, 0.717) is 23.8 Å². The number of hydrogen-bond acceptors (Lipinski definition) is 5. The van der Waals surface area contributed by atoms with Crippen molar-refractivity contribution in [3.63, 3.8) is 0 Å². The number of sulfonamides is 1. The van der Waals surface area contributed by atoms with E-state index in [0.717, 1.165) is 47.5 Å². The van der Waals surface area contributed by atoms with Gasteiger partial charge in [-0.25, -0.2) is 8.42 Å². The van der Waals surface area contributed by atoms with Gasteiger partial charge < -0.3 is 15.0 Å². The van der Waals surface area contributed by atoms with E-state index in [9.17, 15) is 18.0 Å². The molecule has 1 fully saturated rings. The Bertz CT molecular complexity index is 1520. The molecule has 1 N–H and O–H groups in total. The average Bonchev–Trinajstić information content (AvgIpc) is 3.02. The van der Waals surface area contributed by atoms with Gasteiger partial charge in [0.2, 0.25) is 11.8 Å². The van der Waals surface area contributed by atoms with Crippen molar-refractivity contribution in [2.45, 2.75) is 82.8 Å². The summed E-state index contributed by atoms with van der Waals surface area (Å²) < 4.78 is 35.2. The van der Waals surface area contributed by atoms with Crippen LogP contribution in [0.1, 0.15) is 63.5 Å². The van der Waals surface area contributed by atoms with Crippen LogP contribution in [-0.2, 0) is 26.2 Å². The molecule has 0 heterocycles. The topological polar surface area (TPSA) is 96.0 Å². The minimum absolute atomic E-state index is 0.0199. The van der Waals surface area contributed by atoms with Crippen molar-refractivity contribution >= 4 is 39.1 Å². The maximum absolute atomic E-state index is 14.4. The van der Waals surface area contributed by atoms with E-state index in [4.69, 9.17) is 16.3 Å². The van der Waals surface area contributed by atoms with E-state index in [1.165, 1.54) is 29.2 Å². The Morgan fingerprint density at radius 1 is 0.955 bits per heavy atom. The van der Waals surface area contributed by atoms with E-state index in [1.807, 2.05) is 38.1 Å². The monoisotopic (exact) mass is 639 g/mol. The van der Waals surface area contributed by atoms with Crippen LogP contribution in [0.5, 0.6) is 5.75 Å². The zero-order chi connectivity index (χ0) is 31.7. The molecule has 1 saturated carbocycles. The van der Waals surface area contributed by atoms with Crippen LogP contribution in [0, 0.1) is 6.92 Å². The Kier molecular flexibility index (Phi) is 11.7. The van der Waals surface area contributed by atoms with Gasteiger partial charge in [-0.15, -0.1) is 0 Å². The van der Waals surface area contributed by atoms with Gasteiger partial charge in [0.05, 0.1) is 17.2 Å². The van der Waals surface area contributed by atoms with Crippen LogP contribution in [0.2, 0.25) is 5.02 Å². The molecule has 0 spiro atoms. The second kappa shape index (κ2) is 15.4. The van der Waals surface area contributed by atoms with E-state index in [2.05, 4.69) is 5.32 Å². The highest BCUT2D eigenvalue weighted by atomic mass is 35.5. The van der Waals surface area contributed by atoms with E-state index >= 15 is 0 Å². The zero-order valence-electron chi connectivity index (χ0n) is 25.7. The van der Waals surface area contributed by atoms with Gasteiger partial charge in [-0.2, -0.15) is 0 Å². The molecule has 3 aromatic carbocycles. The van der Waals surface area contributed by atoms with Gasteiger partial charge in [0.25, 0.3) is 10.0 Å². The summed E-state index contributed by atoms with van der Waals surface area (Å²) >= 11 is 6.06. The molecular weight excluding hydrogens is 598 g/mol. The number of aryl methyl sites for hydroxylation is 1. The zero-order valence-corrected chi connectivity index (χ0v) is 27.2. The molecule has 1 atom stereocenters. The summed E-state index contributed by atoms with van der Waals surface area (Å²) in [5.41, 5.74) is 2.08. The molecule has 10 heteroatoms. The smallest absolute Gasteiger partial charge is 0.264 e. The maximum Gasteiger partial charge on any atom is 0.264 e. The summed E-state index contributed by atoms with van der Waals surface area (Å²) in [6.07, 6.45) is 5.47. The lowest BCUT2D eigenvalue weighted by Gasteiger charge is -2.35. The predicted molar refractivity (Wildman–Crippen MR) is 174 cm³/mol. The number of carbonyl (C=O) groups excluding carboxylic acids is 2. The summed E-state index contributed by atoms with van der Waals surface area (Å²) in [5, 5.41) is 3.57. The summed E-state index contributed by atoms with van der Waals surface area (Å²) in [6.45, 7) is 5.56. The van der Waals surface area contributed by atoms with Crippen molar-refractivity contribution in [3.8, 4) is 5.75 Å². The Labute approximate surface area is 266 Å². The summed E-state index contributed by atoms with van der Waals surface area (Å²) in [7, 11) is -4.25. The minimum atomic E-state index is -4.25. The Morgan fingerprint density at radius 3 is 2.27 bits per heavy atom. The SMILES string of the molecule is CCOc1ccccc1N(CC(=O)N(Cc1ccccc1C)[C@@H](CC)C(=O)NC1CCCCC1)S(=O)(=O)c1ccc(Cl)cc1. The van der Waals surface area contributed by atoms with Crippen LogP contribution in [0.4, 0.5) is 5.69 Å². The molecule has 8 nitrogen and oxygen atoms in total. The standard InChI is InChI=1S/C34H42ClN3O5S/c1-4-30(34(40)36-28-15-7-6-8-16-28)37(23-26-14-10-9-13-25(26)3)33(39)24-38(31-17-11-12-18-32(31)43-5-2)44(41,42)29-21-19-27(35)20-22-29/h9-14,17-22,28,30H,4-8,15-16,23-24H2,1-3H3,(H,36,40)/t30-/m0/s1. The minimum Gasteiger partial charge on any atom is -0.492 e. The van der Waals surface area contributed by atoms with Gasteiger partial charge in [0.1, 0.15) is 18.3 Å². The molecule has 0 radical (unpaired) electrons. The number of ether oxygens (including phenoxy) is 1. The van der Waals surface area contributed by atoms with Gasteiger partial charge >= 0.3 is 0 Å². The lowest BCUT2D eigenvalue weighted by molar-refractivity contribution is -0.140. The number of nitrogens with one attached hydrogen (secondary N) is 1. The number of amides is 2. The molecule has 0 aromatic heterocycles. The molecule has 44 heavy (non-hydrogen) atoms. The normalized spacial score (nSPS) is 14.5. The third-order valence-corrected chi connectivity index (χ3v) is 10.1. The molecule has 0 aliphatic heterocycles. The number of para-hydroxylation sites is 2. The van der Waals surface area contributed by atoms with Crippen LogP contribution >= 0.6 is 11.6 Å². The third-order valence-electron chi connectivity index (χ3n) is 8.05. The highest BCUT2D eigenvalue weighted by Gasteiger charge is 2.35. The van der Waals surface area contributed by atoms with E-state index < -0.39 is 28.5 Å². The molecule has 4 rings (SSSR count). The first-order valence-corrected chi connectivity index (χ1v) is 17.1. The van der Waals surface area contributed by atoms with E-state index in [1.54, 1.807) is 31.2 Å². The highest BCUT2D eigenvalue weighted by molar-refractivity contribution is 7.92. The molecule has 3 aromatic rings. The Morgan fingerprint density at radius 2 is 1.61 bits per heavy atom. The quantitative estimate of drug-likeness (QED) is 0.230. The molecule has 0 saturated heterocycles. The molecule has 1 aliphatic carbocycles. The van der Waals surface area contributed by atoms with Gasteiger partial charge in [-0.3, -0.25) is 13.9 Å². The largest absolute Gasteiger partial charge is 0.492 e. The number of nitrogens with zero attached hydrogens (tertiary/aromatic N) is 2. The van der Waals surface area contributed by atoms with Crippen molar-refractivity contribution in [1.29, 1.82) is 0 Å². The number of halogens is 1. The number of anilines is 1. The Hall–Kier alpha value is -3.56. The van der Waals surface area contributed by atoms with Crippen molar-refractivity contribution in [2.75, 3.05) is 17.5 Å². The predicted octanol–water partition coefficient (Wildman–Crippen LogP) is 6.50. The number of carbonyl (C=O) groups is 2. The van der Waals surface area contributed by atoms with Crippen LogP contribution in [0.3, 0.4) is 0 Å². The van der Waals surface area contributed by atoms with Crippen molar-refractivity contribution in [2.24, 2.45) is 0 Å². The van der Waals surface area contributed by atoms with E-state index in [-0.39, 0.29) is 29.1 Å². The van der Waals surface area contributed by atoms with Crippen LogP contribution < -0.4 is 14.4 Å². The van der Waals surface area contributed by atoms with Crippen molar-refractivity contribution < 1.29 is 22.7 Å². The molecule has 236 valence electrons. The van der Waals surface area contributed by atoms with Crippen LogP contribution in [0.25, 0.3) is 0 Å². The third kappa shape index (κ3) is 8.12. The molecule has 2 amide bonds. The first-order valence-electron chi connectivity index (χ1n) is 15.3. The molecule has 1 aliphatic rings. The number of benzene rings is 3. The van der Waals surface area contributed by atoms with Crippen LogP contribution in [-0.4, -0.2) is 50.4 Å². The summed E-state index contributed by atoms with van der Waals surface area (Å²) in [4.78, 5) is 29.7. The van der Waals surface area contributed by atoms with Gasteiger partial charge in [-0.05, 0) is 80.6 Å². The second-order valence-electron chi connectivity index (χ2n) is 11.1. The number of rotatable bonds is 13. The lowest BCUT2D eigenvalue weighted by Crippen LogP contribution is -2.54. The van der Waals surface area contributed by atoms with Gasteiger partial charge in [-0.1, -0.05) is 74.2 Å². The van der Waals surface area contributed by atoms with Crippen LogP contribution in [0.15, 0.2) is 77.7 Å². The first kappa shape index (κ1) is 33.3. The van der Waals surface area contributed by atoms with Gasteiger partial charge in [0.15, 0.2) is 0 Å². The molecule has 0 bridgehead atoms. The fraction of sp³-hybridized carbons (Fsp3) is 0.412. The second-order valence-corrected chi connectivity index (χ2v) is 13.4. The fourth-order valence-electron chi connectivity index (χ4n) is 5.62.